The maximum Gasteiger partial charge on any atom is 0.335 e. The Kier molecular flexibility index (Phi) is 5.76. The molecule has 1 saturated carbocycles. The Morgan fingerprint density at radius 2 is 1.83 bits per heavy atom. The van der Waals surface area contributed by atoms with E-state index in [0.717, 1.165) is 16.9 Å². The first-order valence-electron chi connectivity index (χ1n) is 11.7. The number of carbonyl (C=O) groups is 1. The molecular weight excluding hydrogens is 496 g/mol. The zero-order valence-electron chi connectivity index (χ0n) is 20.5. The van der Waals surface area contributed by atoms with Crippen LogP contribution in [-0.2, 0) is 10.0 Å². The van der Waals surface area contributed by atoms with Gasteiger partial charge in [-0.15, -0.1) is 11.3 Å². The molecule has 7 nitrogen and oxygen atoms in total. The largest absolute Gasteiger partial charge is 0.495 e. The average molecular weight is 525 g/mol. The number of ether oxygens (including phenoxy) is 1. The Hall–Kier alpha value is -3.17. The molecule has 9 heteroatoms. The van der Waals surface area contributed by atoms with Crippen molar-refractivity contribution in [2.75, 3.05) is 11.8 Å². The smallest absolute Gasteiger partial charge is 0.335 e. The third-order valence-electron chi connectivity index (χ3n) is 8.15. The van der Waals surface area contributed by atoms with Crippen LogP contribution in [0.15, 0.2) is 58.9 Å². The molecule has 36 heavy (non-hydrogen) atoms. The van der Waals surface area contributed by atoms with Crippen molar-refractivity contribution in [3.63, 3.8) is 0 Å². The lowest BCUT2D eigenvalue weighted by molar-refractivity contribution is 0.0696. The van der Waals surface area contributed by atoms with Crippen LogP contribution in [0.4, 0.5) is 5.69 Å². The van der Waals surface area contributed by atoms with Crippen molar-refractivity contribution in [2.45, 2.75) is 37.8 Å². The van der Waals surface area contributed by atoms with Gasteiger partial charge in [0.05, 0.1) is 24.6 Å². The third kappa shape index (κ3) is 3.81. The SMILES string of the molecule is COc1cc(C(=O)O)ccc1NS(=O)(=O)c1cnc(-c2ccc(C3=C[C@H]4CCC3(C)C4(C)C)cc2)s1. The predicted molar refractivity (Wildman–Crippen MR) is 141 cm³/mol. The number of rotatable bonds is 7. The van der Waals surface area contributed by atoms with Crippen LogP contribution in [0, 0.1) is 16.7 Å². The molecule has 1 aromatic heterocycles. The van der Waals surface area contributed by atoms with Crippen molar-refractivity contribution in [2.24, 2.45) is 16.7 Å². The molecular formula is C27H28N2O5S2. The first kappa shape index (κ1) is 24.5. The highest BCUT2D eigenvalue weighted by molar-refractivity contribution is 7.94. The molecule has 2 N–H and O–H groups in total. The molecule has 3 aromatic rings. The number of methoxy groups -OCH3 is 1. The van der Waals surface area contributed by atoms with E-state index >= 15 is 0 Å². The summed E-state index contributed by atoms with van der Waals surface area (Å²) in [5, 5.41) is 9.76. The van der Waals surface area contributed by atoms with E-state index in [4.69, 9.17) is 9.84 Å². The van der Waals surface area contributed by atoms with E-state index in [-0.39, 0.29) is 32.0 Å². The molecule has 0 aliphatic heterocycles. The highest BCUT2D eigenvalue weighted by Crippen LogP contribution is 2.67. The van der Waals surface area contributed by atoms with E-state index in [1.165, 1.54) is 55.5 Å². The molecule has 1 fully saturated rings. The molecule has 1 unspecified atom stereocenters. The molecule has 2 aliphatic carbocycles. The number of sulfonamides is 1. The van der Waals surface area contributed by atoms with Gasteiger partial charge in [0.25, 0.3) is 10.0 Å². The summed E-state index contributed by atoms with van der Waals surface area (Å²) < 4.78 is 33.7. The van der Waals surface area contributed by atoms with Crippen LogP contribution in [0.2, 0.25) is 0 Å². The van der Waals surface area contributed by atoms with Gasteiger partial charge in [-0.1, -0.05) is 51.1 Å². The van der Waals surface area contributed by atoms with Crippen LogP contribution in [0.3, 0.4) is 0 Å². The summed E-state index contributed by atoms with van der Waals surface area (Å²) in [5.41, 5.74) is 4.03. The number of nitrogens with zero attached hydrogens (tertiary/aromatic N) is 1. The maximum absolute atomic E-state index is 13.0. The second kappa shape index (κ2) is 8.45. The van der Waals surface area contributed by atoms with Crippen LogP contribution in [0.5, 0.6) is 5.75 Å². The highest BCUT2D eigenvalue weighted by atomic mass is 32.2. The summed E-state index contributed by atoms with van der Waals surface area (Å²) >= 11 is 1.07. The van der Waals surface area contributed by atoms with Gasteiger partial charge >= 0.3 is 5.97 Å². The van der Waals surface area contributed by atoms with Gasteiger partial charge in [0, 0.05) is 5.56 Å². The van der Waals surface area contributed by atoms with Crippen LogP contribution in [0.1, 0.15) is 49.5 Å². The summed E-state index contributed by atoms with van der Waals surface area (Å²) in [4.78, 5) is 15.5. The third-order valence-corrected chi connectivity index (χ3v) is 11.0. The first-order valence-corrected chi connectivity index (χ1v) is 14.0. The van der Waals surface area contributed by atoms with Crippen molar-refractivity contribution in [1.82, 2.24) is 4.98 Å². The first-order chi connectivity index (χ1) is 17.0. The molecule has 2 aliphatic rings. The standard InChI is InChI=1S/C27H28N2O5S2/c1-26(2)19-11-12-27(26,3)20(14-19)16-5-7-17(8-6-16)24-28-15-23(35-24)36(32,33)29-21-10-9-18(25(30)31)13-22(21)34-4/h5-10,13-15,19,29H,11-12H2,1-4H3,(H,30,31)/t19-,27?/m1/s1. The number of fused-ring (bicyclic) bond motifs is 2. The monoisotopic (exact) mass is 524 g/mol. The predicted octanol–water partition coefficient (Wildman–Crippen LogP) is 6.16. The lowest BCUT2D eigenvalue weighted by atomic mass is 9.66. The molecule has 5 rings (SSSR count). The Labute approximate surface area is 214 Å². The van der Waals surface area contributed by atoms with Crippen LogP contribution in [-0.4, -0.2) is 31.6 Å². The fourth-order valence-electron chi connectivity index (χ4n) is 5.52. The molecule has 0 spiro atoms. The quantitative estimate of drug-likeness (QED) is 0.384. The minimum atomic E-state index is -3.94. The van der Waals surface area contributed by atoms with E-state index in [9.17, 15) is 13.2 Å². The lowest BCUT2D eigenvalue weighted by Gasteiger charge is -2.37. The number of allylic oxidation sites excluding steroid dienone is 2. The molecule has 2 atom stereocenters. The van der Waals surface area contributed by atoms with Gasteiger partial charge in [0.1, 0.15) is 10.8 Å². The van der Waals surface area contributed by atoms with Gasteiger partial charge < -0.3 is 9.84 Å². The zero-order valence-corrected chi connectivity index (χ0v) is 22.2. The Morgan fingerprint density at radius 1 is 1.14 bits per heavy atom. The Bertz CT molecular complexity index is 1490. The van der Waals surface area contributed by atoms with E-state index in [1.54, 1.807) is 0 Å². The molecule has 2 bridgehead atoms. The summed E-state index contributed by atoms with van der Waals surface area (Å²) in [6.45, 7) is 7.10. The molecule has 1 heterocycles. The number of hydrogen-bond donors (Lipinski definition) is 2. The average Bonchev–Trinajstić information content (AvgIpc) is 3.48. The number of aromatic nitrogens is 1. The molecule has 0 radical (unpaired) electrons. The minimum Gasteiger partial charge on any atom is -0.495 e. The van der Waals surface area contributed by atoms with Crippen molar-refractivity contribution >= 4 is 38.6 Å². The molecule has 188 valence electrons. The van der Waals surface area contributed by atoms with Crippen LogP contribution < -0.4 is 9.46 Å². The Morgan fingerprint density at radius 3 is 2.42 bits per heavy atom. The number of anilines is 1. The number of nitrogens with one attached hydrogen (secondary N) is 1. The minimum absolute atomic E-state index is 0.00271. The van der Waals surface area contributed by atoms with E-state index in [2.05, 4.69) is 48.7 Å². The van der Waals surface area contributed by atoms with Crippen LogP contribution in [0.25, 0.3) is 16.1 Å². The summed E-state index contributed by atoms with van der Waals surface area (Å²) in [6.07, 6.45) is 6.21. The van der Waals surface area contributed by atoms with E-state index in [0.29, 0.717) is 10.9 Å². The van der Waals surface area contributed by atoms with Gasteiger partial charge in [-0.2, -0.15) is 0 Å². The maximum atomic E-state index is 13.0. The van der Waals surface area contributed by atoms with E-state index < -0.39 is 16.0 Å². The topological polar surface area (TPSA) is 106 Å². The fourth-order valence-corrected chi connectivity index (χ4v) is 7.73. The van der Waals surface area contributed by atoms with Gasteiger partial charge in [-0.3, -0.25) is 4.72 Å². The molecule has 0 amide bonds. The molecule has 0 saturated heterocycles. The summed E-state index contributed by atoms with van der Waals surface area (Å²) in [5.74, 6) is -0.406. The van der Waals surface area contributed by atoms with Gasteiger partial charge in [-0.05, 0) is 58.9 Å². The number of thiazole rings is 1. The van der Waals surface area contributed by atoms with Gasteiger partial charge in [0.15, 0.2) is 4.21 Å². The normalized spacial score (nSPS) is 22.3. The summed E-state index contributed by atoms with van der Waals surface area (Å²) in [7, 11) is -2.60. The second-order valence-electron chi connectivity index (χ2n) is 10.2. The number of benzene rings is 2. The molecule has 2 aromatic carbocycles. The number of aromatic carboxylic acids is 1. The number of carboxylic acids is 1. The van der Waals surface area contributed by atoms with Crippen molar-refractivity contribution in [1.29, 1.82) is 0 Å². The Balaban J connectivity index is 1.37. The number of carboxylic acid groups (broad SMARTS) is 1. The van der Waals surface area contributed by atoms with Crippen molar-refractivity contribution in [3.05, 3.63) is 65.9 Å². The van der Waals surface area contributed by atoms with Crippen molar-refractivity contribution in [3.8, 4) is 16.3 Å². The second-order valence-corrected chi connectivity index (χ2v) is 13.1. The van der Waals surface area contributed by atoms with Gasteiger partial charge in [0.2, 0.25) is 0 Å². The zero-order chi connectivity index (χ0) is 25.9. The van der Waals surface area contributed by atoms with Crippen LogP contribution >= 0.6 is 11.3 Å². The fraction of sp³-hybridized carbons (Fsp3) is 0.333. The summed E-state index contributed by atoms with van der Waals surface area (Å²) in [6, 6.07) is 12.1. The van der Waals surface area contributed by atoms with Crippen molar-refractivity contribution < 1.29 is 23.1 Å². The van der Waals surface area contributed by atoms with Gasteiger partial charge in [-0.25, -0.2) is 18.2 Å². The number of hydrogen-bond acceptors (Lipinski definition) is 6. The highest BCUT2D eigenvalue weighted by Gasteiger charge is 2.57. The lowest BCUT2D eigenvalue weighted by Crippen LogP contribution is -2.29. The van der Waals surface area contributed by atoms with E-state index in [1.807, 2.05) is 12.1 Å².